The van der Waals surface area contributed by atoms with Crippen LogP contribution in [0, 0.1) is 10.1 Å². The number of thioether (sulfide) groups is 1. The summed E-state index contributed by atoms with van der Waals surface area (Å²) in [6, 6.07) is 19.5. The van der Waals surface area contributed by atoms with Crippen LogP contribution in [-0.4, -0.2) is 32.3 Å². The van der Waals surface area contributed by atoms with Gasteiger partial charge in [-0.15, -0.1) is 0 Å². The van der Waals surface area contributed by atoms with E-state index in [9.17, 15) is 19.7 Å². The normalized spacial score (nSPS) is 11.1. The van der Waals surface area contributed by atoms with Crippen molar-refractivity contribution in [3.05, 3.63) is 104 Å². The topological polar surface area (TPSA) is 119 Å². The fraction of sp³-hybridized carbons (Fsp3) is 0.0435. The van der Waals surface area contributed by atoms with E-state index in [1.165, 1.54) is 35.0 Å². The molecule has 0 aliphatic heterocycles. The third-order valence-corrected chi connectivity index (χ3v) is 5.86. The molecule has 170 valence electrons. The second kappa shape index (κ2) is 10.3. The number of fused-ring (bicyclic) bond motifs is 1. The Balaban J connectivity index is 1.51. The van der Waals surface area contributed by atoms with Gasteiger partial charge in [-0.3, -0.25) is 24.3 Å². The first kappa shape index (κ1) is 23.1. The van der Waals surface area contributed by atoms with Crippen molar-refractivity contribution in [2.24, 2.45) is 5.10 Å². The molecule has 0 spiro atoms. The highest BCUT2D eigenvalue weighted by Gasteiger charge is 2.14. The predicted molar refractivity (Wildman–Crippen MR) is 132 cm³/mol. The maximum atomic E-state index is 13.2. The minimum atomic E-state index is -0.496. The smallest absolute Gasteiger partial charge is 0.269 e. The number of nitro groups is 1. The van der Waals surface area contributed by atoms with Gasteiger partial charge in [0.2, 0.25) is 0 Å². The molecule has 0 atom stereocenters. The SMILES string of the molecule is O=C(CSc1nc2ccccc2c(=O)n1-c1ccc(Cl)cc1)N/N=C/c1ccc([N+](=O)[O-])cc1. The first-order valence-electron chi connectivity index (χ1n) is 9.89. The van der Waals surface area contributed by atoms with E-state index in [1.807, 2.05) is 0 Å². The number of nitrogens with zero attached hydrogens (tertiary/aromatic N) is 4. The average Bonchev–Trinajstić information content (AvgIpc) is 2.84. The largest absolute Gasteiger partial charge is 0.272 e. The summed E-state index contributed by atoms with van der Waals surface area (Å²) >= 11 is 7.08. The number of hydrogen-bond acceptors (Lipinski definition) is 7. The van der Waals surface area contributed by atoms with Gasteiger partial charge in [0.15, 0.2) is 5.16 Å². The minimum absolute atomic E-state index is 0.0350. The van der Waals surface area contributed by atoms with Gasteiger partial charge in [-0.25, -0.2) is 10.4 Å². The summed E-state index contributed by atoms with van der Waals surface area (Å²) in [6.45, 7) is 0. The van der Waals surface area contributed by atoms with Gasteiger partial charge >= 0.3 is 0 Å². The maximum absolute atomic E-state index is 13.2. The molecule has 4 aromatic rings. The molecule has 0 radical (unpaired) electrons. The number of aromatic nitrogens is 2. The molecular formula is C23H16ClN5O4S. The number of para-hydroxylation sites is 1. The molecule has 0 unspecified atom stereocenters. The van der Waals surface area contributed by atoms with Crippen LogP contribution in [0.3, 0.4) is 0 Å². The molecule has 34 heavy (non-hydrogen) atoms. The number of carbonyl (C=O) groups excluding carboxylic acids is 1. The Morgan fingerprint density at radius 1 is 1.12 bits per heavy atom. The van der Waals surface area contributed by atoms with E-state index in [2.05, 4.69) is 15.5 Å². The fourth-order valence-electron chi connectivity index (χ4n) is 3.05. The first-order valence-corrected chi connectivity index (χ1v) is 11.3. The van der Waals surface area contributed by atoms with Crippen LogP contribution in [0.1, 0.15) is 5.56 Å². The molecule has 9 nitrogen and oxygen atoms in total. The van der Waals surface area contributed by atoms with Gasteiger partial charge in [-0.05, 0) is 54.1 Å². The van der Waals surface area contributed by atoms with Crippen LogP contribution in [-0.2, 0) is 4.79 Å². The number of hydrogen-bond donors (Lipinski definition) is 1. The molecule has 0 aliphatic rings. The Bertz CT molecular complexity index is 1450. The highest BCUT2D eigenvalue weighted by Crippen LogP contribution is 2.22. The summed E-state index contributed by atoms with van der Waals surface area (Å²) in [6.07, 6.45) is 1.38. The van der Waals surface area contributed by atoms with E-state index in [0.29, 0.717) is 32.3 Å². The third kappa shape index (κ3) is 5.30. The second-order valence-corrected chi connectivity index (χ2v) is 8.34. The molecule has 1 aromatic heterocycles. The van der Waals surface area contributed by atoms with Gasteiger partial charge in [-0.2, -0.15) is 5.10 Å². The molecule has 1 amide bonds. The van der Waals surface area contributed by atoms with Crippen molar-refractivity contribution in [1.82, 2.24) is 15.0 Å². The summed E-state index contributed by atoms with van der Waals surface area (Å²) in [5, 5.41) is 15.9. The molecule has 1 heterocycles. The molecule has 0 bridgehead atoms. The summed E-state index contributed by atoms with van der Waals surface area (Å²) in [5.74, 6) is -0.455. The number of non-ortho nitro benzene ring substituents is 1. The summed E-state index contributed by atoms with van der Waals surface area (Å²) < 4.78 is 1.44. The zero-order valence-electron chi connectivity index (χ0n) is 17.4. The van der Waals surface area contributed by atoms with Crippen molar-refractivity contribution in [2.45, 2.75) is 5.16 Å². The van der Waals surface area contributed by atoms with Crippen molar-refractivity contribution in [3.63, 3.8) is 0 Å². The molecule has 0 saturated carbocycles. The highest BCUT2D eigenvalue weighted by molar-refractivity contribution is 7.99. The zero-order valence-corrected chi connectivity index (χ0v) is 19.0. The van der Waals surface area contributed by atoms with Crippen LogP contribution in [0.15, 0.2) is 87.8 Å². The number of carbonyl (C=O) groups is 1. The summed E-state index contributed by atoms with van der Waals surface area (Å²) in [7, 11) is 0. The molecule has 11 heteroatoms. The molecule has 0 fully saturated rings. The van der Waals surface area contributed by atoms with Gasteiger partial charge in [-0.1, -0.05) is 35.5 Å². The van der Waals surface area contributed by atoms with Crippen molar-refractivity contribution >= 4 is 52.1 Å². The van der Waals surface area contributed by atoms with Crippen LogP contribution in [0.4, 0.5) is 5.69 Å². The summed E-state index contributed by atoms with van der Waals surface area (Å²) in [4.78, 5) is 40.3. The van der Waals surface area contributed by atoms with Crippen LogP contribution >= 0.6 is 23.4 Å². The summed E-state index contributed by atoms with van der Waals surface area (Å²) in [5.41, 5.74) is 3.80. The van der Waals surface area contributed by atoms with Crippen molar-refractivity contribution in [3.8, 4) is 5.69 Å². The number of amides is 1. The number of nitro benzene ring substituents is 1. The van der Waals surface area contributed by atoms with Gasteiger partial charge in [0.25, 0.3) is 17.2 Å². The van der Waals surface area contributed by atoms with E-state index in [4.69, 9.17) is 11.6 Å². The van der Waals surface area contributed by atoms with E-state index in [1.54, 1.807) is 48.5 Å². The predicted octanol–water partition coefficient (Wildman–Crippen LogP) is 4.19. The van der Waals surface area contributed by atoms with Gasteiger partial charge in [0.05, 0.1) is 33.5 Å². The molecule has 0 aliphatic carbocycles. The lowest BCUT2D eigenvalue weighted by Crippen LogP contribution is -2.24. The van der Waals surface area contributed by atoms with E-state index in [0.717, 1.165) is 11.8 Å². The Morgan fingerprint density at radius 2 is 1.82 bits per heavy atom. The van der Waals surface area contributed by atoms with Gasteiger partial charge in [0, 0.05) is 17.2 Å². The van der Waals surface area contributed by atoms with Crippen LogP contribution in [0.5, 0.6) is 0 Å². The maximum Gasteiger partial charge on any atom is 0.269 e. The molecule has 3 aromatic carbocycles. The Kier molecular flexibility index (Phi) is 7.00. The number of hydrazone groups is 1. The lowest BCUT2D eigenvalue weighted by atomic mass is 10.2. The van der Waals surface area contributed by atoms with Gasteiger partial charge < -0.3 is 0 Å². The van der Waals surface area contributed by atoms with E-state index in [-0.39, 0.29) is 17.0 Å². The van der Waals surface area contributed by atoms with Crippen molar-refractivity contribution < 1.29 is 9.72 Å². The minimum Gasteiger partial charge on any atom is -0.272 e. The number of rotatable bonds is 7. The van der Waals surface area contributed by atoms with E-state index < -0.39 is 10.8 Å². The van der Waals surface area contributed by atoms with Gasteiger partial charge in [0.1, 0.15) is 0 Å². The lowest BCUT2D eigenvalue weighted by molar-refractivity contribution is -0.384. The molecule has 4 rings (SSSR count). The average molecular weight is 494 g/mol. The Labute approximate surface area is 202 Å². The molecular weight excluding hydrogens is 478 g/mol. The quantitative estimate of drug-likeness (QED) is 0.135. The number of benzene rings is 3. The van der Waals surface area contributed by atoms with Crippen molar-refractivity contribution in [2.75, 3.05) is 5.75 Å². The Morgan fingerprint density at radius 3 is 2.53 bits per heavy atom. The highest BCUT2D eigenvalue weighted by atomic mass is 35.5. The van der Waals surface area contributed by atoms with Crippen LogP contribution in [0.25, 0.3) is 16.6 Å². The van der Waals surface area contributed by atoms with Crippen LogP contribution in [0.2, 0.25) is 5.02 Å². The van der Waals surface area contributed by atoms with Crippen molar-refractivity contribution in [1.29, 1.82) is 0 Å². The zero-order chi connectivity index (χ0) is 24.1. The Hall–Kier alpha value is -4.02. The monoisotopic (exact) mass is 493 g/mol. The lowest BCUT2D eigenvalue weighted by Gasteiger charge is -2.13. The molecule has 0 saturated heterocycles. The first-order chi connectivity index (χ1) is 16.4. The number of nitrogens with one attached hydrogen (secondary N) is 1. The van der Waals surface area contributed by atoms with Crippen LogP contribution < -0.4 is 11.0 Å². The molecule has 1 N–H and O–H groups in total. The fourth-order valence-corrected chi connectivity index (χ4v) is 3.98. The standard InChI is InChI=1S/C23H16ClN5O4S/c24-16-7-11-17(12-8-16)28-22(31)19-3-1-2-4-20(19)26-23(28)34-14-21(30)27-25-13-15-5-9-18(10-6-15)29(32)33/h1-13H,14H2,(H,27,30)/b25-13+. The number of halogens is 1. The van der Waals surface area contributed by atoms with E-state index >= 15 is 0 Å². The second-order valence-electron chi connectivity index (χ2n) is 6.96. The third-order valence-electron chi connectivity index (χ3n) is 4.67.